The Hall–Kier alpha value is -3.65. The molecule has 4 aromatic rings. The maximum Gasteiger partial charge on any atom is 0.415 e. The zero-order valence-corrected chi connectivity index (χ0v) is 20.7. The second-order valence-electron chi connectivity index (χ2n) is 10.3. The molecule has 1 aliphatic heterocycles. The average molecular weight is 504 g/mol. The first-order chi connectivity index (χ1) is 18.2. The molecule has 2 atom stereocenters. The van der Waals surface area contributed by atoms with Gasteiger partial charge in [-0.05, 0) is 61.8 Å². The summed E-state index contributed by atoms with van der Waals surface area (Å²) in [4.78, 5) is 14.9. The molecule has 2 saturated carbocycles. The van der Waals surface area contributed by atoms with Crippen molar-refractivity contribution in [3.8, 4) is 11.5 Å². The molecule has 0 radical (unpaired) electrons. The van der Waals surface area contributed by atoms with E-state index in [4.69, 9.17) is 27.8 Å². The van der Waals surface area contributed by atoms with Gasteiger partial charge in [0.15, 0.2) is 6.10 Å². The number of methoxy groups -OCH3 is 1. The summed E-state index contributed by atoms with van der Waals surface area (Å²) in [5.74, 6) is 2.87. The van der Waals surface area contributed by atoms with E-state index in [2.05, 4.69) is 0 Å². The summed E-state index contributed by atoms with van der Waals surface area (Å²) in [6.45, 7) is 1.70. The van der Waals surface area contributed by atoms with Crippen LogP contribution in [0.5, 0.6) is 11.5 Å². The molecule has 2 aromatic heterocycles. The van der Waals surface area contributed by atoms with Crippen molar-refractivity contribution in [3.63, 3.8) is 0 Å². The van der Waals surface area contributed by atoms with Crippen LogP contribution < -0.4 is 14.4 Å². The van der Waals surface area contributed by atoms with Gasteiger partial charge in [0.1, 0.15) is 35.0 Å². The maximum atomic E-state index is 13.2. The number of cyclic esters (lactones) is 1. The molecule has 0 bridgehead atoms. The van der Waals surface area contributed by atoms with E-state index in [1.165, 1.54) is 25.7 Å². The molecule has 7 rings (SSSR count). The lowest BCUT2D eigenvalue weighted by atomic mass is 9.99. The monoisotopic (exact) mass is 503 g/mol. The average Bonchev–Trinajstić information content (AvgIpc) is 3.81. The molecule has 0 N–H and O–H groups in total. The second kappa shape index (κ2) is 9.03. The summed E-state index contributed by atoms with van der Waals surface area (Å²) < 4.78 is 34.9. The third-order valence-electron chi connectivity index (χ3n) is 7.46. The summed E-state index contributed by atoms with van der Waals surface area (Å²) in [5, 5.41) is 1.71. The molecular weight excluding hydrogens is 474 g/mol. The van der Waals surface area contributed by atoms with E-state index in [1.807, 2.05) is 36.4 Å². The fourth-order valence-electron chi connectivity index (χ4n) is 5.02. The molecule has 1 saturated heterocycles. The Bertz CT molecular complexity index is 1450. The Kier molecular flexibility index (Phi) is 5.50. The van der Waals surface area contributed by atoms with Crippen LogP contribution in [0.2, 0.25) is 0 Å². The number of hydrogen-bond acceptors (Lipinski definition) is 7. The highest BCUT2D eigenvalue weighted by molar-refractivity contribution is 6.02. The first kappa shape index (κ1) is 22.5. The van der Waals surface area contributed by atoms with E-state index in [1.54, 1.807) is 24.5 Å². The molecule has 1 unspecified atom stereocenters. The smallest absolute Gasteiger partial charge is 0.415 e. The lowest BCUT2D eigenvalue weighted by Crippen LogP contribution is -2.30. The Morgan fingerprint density at radius 2 is 1.46 bits per heavy atom. The zero-order valence-electron chi connectivity index (χ0n) is 20.7. The SMILES string of the molecule is COC[C@@H]1OC(=O)N(c2coc3cc(OCC4CC4)ccc23)C1c1coc2cc(OCC3CC3)ccc12. The first-order valence-electron chi connectivity index (χ1n) is 12.9. The number of carbonyl (C=O) groups excluding carboxylic acids is 1. The van der Waals surface area contributed by atoms with Crippen LogP contribution in [-0.4, -0.2) is 39.1 Å². The van der Waals surface area contributed by atoms with E-state index >= 15 is 0 Å². The molecule has 3 aliphatic rings. The van der Waals surface area contributed by atoms with Crippen molar-refractivity contribution in [2.75, 3.05) is 31.8 Å². The molecule has 2 aromatic carbocycles. The number of anilines is 1. The standard InChI is InChI=1S/C29H29NO7/c1-32-16-27-28(23-14-35-25-10-19(6-8-21(23)25)33-12-17-2-3-17)30(29(31)37-27)24-15-36-26-11-20(7-9-22(24)26)34-13-18-4-5-18/h6-11,14-15,17-18,27-28H,2-5,12-13,16H2,1H3/t27-,28?/m0/s1. The summed E-state index contributed by atoms with van der Waals surface area (Å²) in [7, 11) is 1.60. The minimum atomic E-state index is -0.518. The van der Waals surface area contributed by atoms with Crippen molar-refractivity contribution in [2.24, 2.45) is 11.8 Å². The normalized spacial score (nSPS) is 21.6. The molecule has 8 nitrogen and oxygen atoms in total. The van der Waals surface area contributed by atoms with Gasteiger partial charge >= 0.3 is 6.09 Å². The van der Waals surface area contributed by atoms with Gasteiger partial charge in [0.25, 0.3) is 0 Å². The van der Waals surface area contributed by atoms with Crippen LogP contribution >= 0.6 is 0 Å². The van der Waals surface area contributed by atoms with Crippen LogP contribution in [-0.2, 0) is 9.47 Å². The van der Waals surface area contributed by atoms with E-state index in [0.29, 0.717) is 28.7 Å². The van der Waals surface area contributed by atoms with Gasteiger partial charge in [-0.15, -0.1) is 0 Å². The van der Waals surface area contributed by atoms with Crippen LogP contribution in [0.15, 0.2) is 57.8 Å². The van der Waals surface area contributed by atoms with E-state index in [-0.39, 0.29) is 6.61 Å². The van der Waals surface area contributed by atoms with Gasteiger partial charge < -0.3 is 27.8 Å². The van der Waals surface area contributed by atoms with Gasteiger partial charge in [0, 0.05) is 35.6 Å². The molecule has 192 valence electrons. The van der Waals surface area contributed by atoms with Crippen LogP contribution in [0.25, 0.3) is 21.9 Å². The molecule has 3 heterocycles. The number of nitrogens with zero attached hydrogens (tertiary/aromatic N) is 1. The summed E-state index contributed by atoms with van der Waals surface area (Å²) >= 11 is 0. The summed E-state index contributed by atoms with van der Waals surface area (Å²) in [6.07, 6.45) is 7.25. The number of benzene rings is 2. The number of carbonyl (C=O) groups is 1. The summed E-state index contributed by atoms with van der Waals surface area (Å²) in [5.41, 5.74) is 2.83. The van der Waals surface area contributed by atoms with Crippen molar-refractivity contribution in [3.05, 3.63) is 54.5 Å². The number of amides is 1. The minimum absolute atomic E-state index is 0.247. The molecule has 0 spiro atoms. The van der Waals surface area contributed by atoms with Crippen molar-refractivity contribution >= 4 is 33.7 Å². The number of furan rings is 2. The van der Waals surface area contributed by atoms with Crippen molar-refractivity contribution in [2.45, 2.75) is 37.8 Å². The van der Waals surface area contributed by atoms with E-state index < -0.39 is 18.2 Å². The number of hydrogen-bond donors (Lipinski definition) is 0. The lowest BCUT2D eigenvalue weighted by molar-refractivity contribution is 0.0592. The molecule has 3 fully saturated rings. The minimum Gasteiger partial charge on any atom is -0.493 e. The quantitative estimate of drug-likeness (QED) is 0.245. The number of rotatable bonds is 10. The second-order valence-corrected chi connectivity index (χ2v) is 10.3. The van der Waals surface area contributed by atoms with Crippen LogP contribution in [0, 0.1) is 11.8 Å². The molecule has 8 heteroatoms. The predicted molar refractivity (Wildman–Crippen MR) is 136 cm³/mol. The van der Waals surface area contributed by atoms with Gasteiger partial charge in [0.05, 0.1) is 31.8 Å². The van der Waals surface area contributed by atoms with E-state index in [9.17, 15) is 4.79 Å². The fraction of sp³-hybridized carbons (Fsp3) is 0.414. The molecule has 2 aliphatic carbocycles. The van der Waals surface area contributed by atoms with Gasteiger partial charge in [-0.25, -0.2) is 4.79 Å². The number of ether oxygens (including phenoxy) is 4. The Morgan fingerprint density at radius 1 is 0.838 bits per heavy atom. The van der Waals surface area contributed by atoms with E-state index in [0.717, 1.165) is 41.0 Å². The van der Waals surface area contributed by atoms with Gasteiger partial charge in [-0.2, -0.15) is 0 Å². The maximum absolute atomic E-state index is 13.2. The first-order valence-corrected chi connectivity index (χ1v) is 12.9. The Labute approximate surface area is 214 Å². The van der Waals surface area contributed by atoms with Crippen molar-refractivity contribution in [1.82, 2.24) is 0 Å². The molecule has 37 heavy (non-hydrogen) atoms. The van der Waals surface area contributed by atoms with Gasteiger partial charge in [-0.1, -0.05) is 0 Å². The third kappa shape index (κ3) is 4.29. The largest absolute Gasteiger partial charge is 0.493 e. The van der Waals surface area contributed by atoms with Crippen LogP contribution in [0.3, 0.4) is 0 Å². The highest BCUT2D eigenvalue weighted by Gasteiger charge is 2.46. The Balaban J connectivity index is 1.23. The van der Waals surface area contributed by atoms with Crippen molar-refractivity contribution in [1.29, 1.82) is 0 Å². The van der Waals surface area contributed by atoms with Gasteiger partial charge in [0.2, 0.25) is 0 Å². The van der Waals surface area contributed by atoms with Gasteiger partial charge in [-0.3, -0.25) is 4.90 Å². The third-order valence-corrected chi connectivity index (χ3v) is 7.46. The highest BCUT2D eigenvalue weighted by Crippen LogP contribution is 2.45. The zero-order chi connectivity index (χ0) is 24.9. The highest BCUT2D eigenvalue weighted by atomic mass is 16.6. The van der Waals surface area contributed by atoms with Crippen LogP contribution in [0.4, 0.5) is 10.5 Å². The predicted octanol–water partition coefficient (Wildman–Crippen LogP) is 6.47. The van der Waals surface area contributed by atoms with Crippen LogP contribution in [0.1, 0.15) is 37.3 Å². The molecule has 1 amide bonds. The Morgan fingerprint density at radius 3 is 2.11 bits per heavy atom. The lowest BCUT2D eigenvalue weighted by Gasteiger charge is -2.23. The number of fused-ring (bicyclic) bond motifs is 2. The molecular formula is C29H29NO7. The van der Waals surface area contributed by atoms with Crippen molar-refractivity contribution < 1.29 is 32.6 Å². The summed E-state index contributed by atoms with van der Waals surface area (Å²) in [6, 6.07) is 11.1. The fourth-order valence-corrected chi connectivity index (χ4v) is 5.02. The topological polar surface area (TPSA) is 83.5 Å².